The molecule has 1 aromatic rings. The van der Waals surface area contributed by atoms with E-state index in [0.29, 0.717) is 0 Å². The van der Waals surface area contributed by atoms with Crippen LogP contribution in [0, 0.1) is 0 Å². The smallest absolute Gasteiger partial charge is 0.333 e. The summed E-state index contributed by atoms with van der Waals surface area (Å²) in [6.45, 7) is 6.28. The number of rotatable bonds is 6. The van der Waals surface area contributed by atoms with Crippen LogP contribution in [-0.2, 0) is 9.53 Å². The summed E-state index contributed by atoms with van der Waals surface area (Å²) in [6.07, 6.45) is 3.09. The molecule has 0 amide bonds. The topological polar surface area (TPSA) is 46.5 Å². The number of methoxy groups -OCH3 is 1. The number of aliphatic carboxylic acids is 1. The fourth-order valence-corrected chi connectivity index (χ4v) is 5.53. The first-order valence-electron chi connectivity index (χ1n) is 6.39. The normalized spacial score (nSPS) is 15.4. The highest BCUT2D eigenvalue weighted by Crippen LogP contribution is 2.29. The van der Waals surface area contributed by atoms with Crippen molar-refractivity contribution in [3.8, 4) is 0 Å². The number of benzene rings is 1. The van der Waals surface area contributed by atoms with Crippen molar-refractivity contribution in [2.75, 3.05) is 7.11 Å². The zero-order valence-electron chi connectivity index (χ0n) is 12.0. The van der Waals surface area contributed by atoms with E-state index in [0.717, 1.165) is 0 Å². The lowest BCUT2D eigenvalue weighted by molar-refractivity contribution is -0.148. The number of carbonyl (C=O) groups is 1. The van der Waals surface area contributed by atoms with Gasteiger partial charge in [-0.1, -0.05) is 60.8 Å². The monoisotopic (exact) mass is 278 g/mol. The molecule has 0 heterocycles. The molecule has 0 unspecified atom stereocenters. The Balaban J connectivity index is 3.21. The molecule has 0 fully saturated rings. The minimum Gasteiger partial charge on any atom is -0.479 e. The van der Waals surface area contributed by atoms with Gasteiger partial charge in [0.05, 0.1) is 8.07 Å². The van der Waals surface area contributed by atoms with E-state index in [-0.39, 0.29) is 5.54 Å². The van der Waals surface area contributed by atoms with Crippen LogP contribution >= 0.6 is 0 Å². The number of hydrogen-bond donors (Lipinski definition) is 1. The van der Waals surface area contributed by atoms with Crippen molar-refractivity contribution in [2.45, 2.75) is 31.7 Å². The Morgan fingerprint density at radius 1 is 1.32 bits per heavy atom. The summed E-state index contributed by atoms with van der Waals surface area (Å²) in [6, 6.07) is 10.1. The van der Waals surface area contributed by atoms with Gasteiger partial charge in [-0.25, -0.2) is 4.79 Å². The molecule has 2 atom stereocenters. The molecule has 0 radical (unpaired) electrons. The predicted octanol–water partition coefficient (Wildman–Crippen LogP) is 2.65. The third-order valence-electron chi connectivity index (χ3n) is 3.57. The van der Waals surface area contributed by atoms with Crippen LogP contribution in [0.4, 0.5) is 0 Å². The second-order valence-corrected chi connectivity index (χ2v) is 9.82. The Morgan fingerprint density at radius 3 is 2.32 bits per heavy atom. The van der Waals surface area contributed by atoms with Crippen LogP contribution in [0.1, 0.15) is 6.92 Å². The zero-order valence-corrected chi connectivity index (χ0v) is 13.0. The lowest BCUT2D eigenvalue weighted by atomic mass is 10.2. The fraction of sp³-hybridized carbons (Fsp3) is 0.400. The van der Waals surface area contributed by atoms with Gasteiger partial charge >= 0.3 is 5.97 Å². The van der Waals surface area contributed by atoms with Crippen molar-refractivity contribution < 1.29 is 14.6 Å². The van der Waals surface area contributed by atoms with Crippen molar-refractivity contribution in [1.29, 1.82) is 0 Å². The molecular formula is C15H22O3Si. The van der Waals surface area contributed by atoms with Crippen LogP contribution in [0.2, 0.25) is 18.6 Å². The molecule has 1 N–H and O–H groups in total. The third-order valence-corrected chi connectivity index (χ3v) is 7.56. The van der Waals surface area contributed by atoms with Crippen LogP contribution in [0.3, 0.4) is 0 Å². The van der Waals surface area contributed by atoms with Gasteiger partial charge in [-0.3, -0.25) is 0 Å². The molecule has 0 aliphatic carbocycles. The average molecular weight is 278 g/mol. The summed E-state index contributed by atoms with van der Waals surface area (Å²) in [5, 5.41) is 10.6. The summed E-state index contributed by atoms with van der Waals surface area (Å²) in [5.41, 5.74) is -0.0950. The number of hydrogen-bond acceptors (Lipinski definition) is 2. The number of ether oxygens (including phenoxy) is 1. The first-order valence-corrected chi connectivity index (χ1v) is 9.46. The van der Waals surface area contributed by atoms with E-state index in [1.807, 2.05) is 37.3 Å². The lowest BCUT2D eigenvalue weighted by Crippen LogP contribution is -2.51. The summed E-state index contributed by atoms with van der Waals surface area (Å²) in [7, 11) is -0.506. The molecule has 0 aliphatic rings. The van der Waals surface area contributed by atoms with Gasteiger partial charge < -0.3 is 9.84 Å². The highest BCUT2D eigenvalue weighted by Gasteiger charge is 2.40. The molecule has 0 spiro atoms. The second-order valence-electron chi connectivity index (χ2n) is 5.13. The van der Waals surface area contributed by atoms with Gasteiger partial charge in [-0.15, -0.1) is 0 Å². The average Bonchev–Trinajstić information content (AvgIpc) is 2.39. The molecule has 3 nitrogen and oxygen atoms in total. The number of carboxylic acids is 1. The lowest BCUT2D eigenvalue weighted by Gasteiger charge is -2.34. The predicted molar refractivity (Wildman–Crippen MR) is 80.6 cm³/mol. The molecule has 1 rings (SSSR count). The summed E-state index contributed by atoms with van der Waals surface area (Å²) >= 11 is 0. The van der Waals surface area contributed by atoms with E-state index in [1.165, 1.54) is 12.3 Å². The minimum absolute atomic E-state index is 0.0950. The maximum absolute atomic E-state index is 11.4. The molecular weight excluding hydrogens is 256 g/mol. The largest absolute Gasteiger partial charge is 0.479 e. The minimum atomic E-state index is -1.97. The molecule has 0 saturated carbocycles. The van der Waals surface area contributed by atoms with E-state index in [4.69, 9.17) is 4.74 Å². The van der Waals surface area contributed by atoms with Gasteiger partial charge in [-0.05, 0) is 6.92 Å². The van der Waals surface area contributed by atoms with Gasteiger partial charge in [0.2, 0.25) is 0 Å². The summed E-state index contributed by atoms with van der Waals surface area (Å²) < 4.78 is 5.22. The molecule has 0 aromatic heterocycles. The second kappa shape index (κ2) is 6.68. The van der Waals surface area contributed by atoms with Crippen LogP contribution < -0.4 is 5.19 Å². The maximum Gasteiger partial charge on any atom is 0.333 e. The molecule has 19 heavy (non-hydrogen) atoms. The molecule has 0 aliphatic heterocycles. The SMILES string of the molecule is C/C=C/[C@@H]([C@@H](OC)C(=O)O)[Si](C)(C)c1ccccc1. The first-order chi connectivity index (χ1) is 8.95. The Morgan fingerprint density at radius 2 is 1.89 bits per heavy atom. The Kier molecular flexibility index (Phi) is 5.51. The van der Waals surface area contributed by atoms with Gasteiger partial charge in [0.1, 0.15) is 0 Å². The van der Waals surface area contributed by atoms with Crippen molar-refractivity contribution in [3.05, 3.63) is 42.5 Å². The molecule has 0 bridgehead atoms. The summed E-state index contributed by atoms with van der Waals surface area (Å²) in [4.78, 5) is 11.4. The van der Waals surface area contributed by atoms with Crippen LogP contribution in [0.5, 0.6) is 0 Å². The molecule has 4 heteroatoms. The van der Waals surface area contributed by atoms with Gasteiger partial charge in [0.15, 0.2) is 6.10 Å². The molecule has 104 valence electrons. The quantitative estimate of drug-likeness (QED) is 0.643. The standard InChI is InChI=1S/C15H22O3Si/c1-5-9-13(14(18-2)15(16)17)19(3,4)12-10-7-6-8-11-12/h5-11,13-14H,1-4H3,(H,16,17)/b9-5+/t13-,14+/m0/s1. The highest BCUT2D eigenvalue weighted by molar-refractivity contribution is 6.91. The number of carboxylic acid groups (broad SMARTS) is 1. The van der Waals surface area contributed by atoms with E-state index in [2.05, 4.69) is 25.2 Å². The third kappa shape index (κ3) is 3.55. The van der Waals surface area contributed by atoms with Crippen molar-refractivity contribution in [3.63, 3.8) is 0 Å². The first kappa shape index (κ1) is 15.7. The van der Waals surface area contributed by atoms with E-state index in [9.17, 15) is 9.90 Å². The number of allylic oxidation sites excluding steroid dienone is 1. The molecule has 1 aromatic carbocycles. The van der Waals surface area contributed by atoms with Crippen LogP contribution in [0.25, 0.3) is 0 Å². The van der Waals surface area contributed by atoms with E-state index < -0.39 is 20.1 Å². The Hall–Kier alpha value is -1.39. The molecule has 0 saturated heterocycles. The van der Waals surface area contributed by atoms with Crippen molar-refractivity contribution >= 4 is 19.2 Å². The van der Waals surface area contributed by atoms with E-state index in [1.54, 1.807) is 0 Å². The van der Waals surface area contributed by atoms with Crippen molar-refractivity contribution in [1.82, 2.24) is 0 Å². The van der Waals surface area contributed by atoms with Gasteiger partial charge in [-0.2, -0.15) is 0 Å². The Bertz CT molecular complexity index is 440. The zero-order chi connectivity index (χ0) is 14.5. The van der Waals surface area contributed by atoms with Crippen molar-refractivity contribution in [2.24, 2.45) is 0 Å². The van der Waals surface area contributed by atoms with Gasteiger partial charge in [0.25, 0.3) is 0 Å². The maximum atomic E-state index is 11.4. The fourth-order valence-electron chi connectivity index (χ4n) is 2.39. The summed E-state index contributed by atoms with van der Waals surface area (Å²) in [5.74, 6) is -0.901. The van der Waals surface area contributed by atoms with E-state index >= 15 is 0 Å². The highest BCUT2D eigenvalue weighted by atomic mass is 28.3. The van der Waals surface area contributed by atoms with Gasteiger partial charge in [0, 0.05) is 12.7 Å². The van der Waals surface area contributed by atoms with Crippen LogP contribution in [-0.4, -0.2) is 32.4 Å². The van der Waals surface area contributed by atoms with Crippen LogP contribution in [0.15, 0.2) is 42.5 Å². The Labute approximate surface area is 115 Å².